The molecule has 51 heavy (non-hydrogen) atoms. The molecule has 12 nitrogen and oxygen atoms in total. The average molecular weight is 725 g/mol. The highest BCUT2D eigenvalue weighted by Crippen LogP contribution is 2.54. The lowest BCUT2D eigenvalue weighted by molar-refractivity contribution is -0.0222. The van der Waals surface area contributed by atoms with Crippen LogP contribution in [0.2, 0.25) is 0 Å². The molecule has 4 heterocycles. The van der Waals surface area contributed by atoms with Crippen molar-refractivity contribution in [3.63, 3.8) is 0 Å². The predicted octanol–water partition coefficient (Wildman–Crippen LogP) is 5.74. The van der Waals surface area contributed by atoms with E-state index in [2.05, 4.69) is 19.8 Å². The number of ether oxygens (including phenoxy) is 2. The van der Waals surface area contributed by atoms with Crippen molar-refractivity contribution in [1.29, 1.82) is 0 Å². The maximum Gasteiger partial charge on any atom is 0.266 e. The Morgan fingerprint density at radius 1 is 0.863 bits per heavy atom. The molecule has 2 aliphatic heterocycles. The van der Waals surface area contributed by atoms with E-state index < -0.39 is 28.3 Å². The zero-order valence-corrected chi connectivity index (χ0v) is 29.1. The summed E-state index contributed by atoms with van der Waals surface area (Å²) < 4.78 is 73.7. The second-order valence-corrected chi connectivity index (χ2v) is 15.4. The molecule has 2 aromatic heterocycles. The van der Waals surface area contributed by atoms with Crippen molar-refractivity contribution in [3.8, 4) is 28.8 Å². The number of rotatable bonds is 14. The van der Waals surface area contributed by atoms with E-state index in [1.54, 1.807) is 35.2 Å². The van der Waals surface area contributed by atoms with Gasteiger partial charge in [-0.15, -0.1) is 10.2 Å². The molecule has 272 valence electrons. The monoisotopic (exact) mass is 724 g/mol. The Balaban J connectivity index is 1.13. The summed E-state index contributed by atoms with van der Waals surface area (Å²) in [7, 11) is -3.74. The Hall–Kier alpha value is -4.34. The lowest BCUT2D eigenvalue weighted by Gasteiger charge is -2.35. The number of nitrogens with one attached hydrogen (secondary N) is 1. The number of alkyl halides is 2. The van der Waals surface area contributed by atoms with Crippen molar-refractivity contribution in [3.05, 3.63) is 66.2 Å². The van der Waals surface area contributed by atoms with Crippen LogP contribution in [-0.4, -0.2) is 86.4 Å². The van der Waals surface area contributed by atoms with Crippen LogP contribution in [0.1, 0.15) is 44.1 Å². The number of benzene rings is 2. The fraction of sp³-hybridized carbons (Fsp3) is 0.472. The van der Waals surface area contributed by atoms with Crippen LogP contribution in [0.5, 0.6) is 5.75 Å². The minimum Gasteiger partial charge on any atom is -0.487 e. The van der Waals surface area contributed by atoms with E-state index in [1.807, 2.05) is 30.3 Å². The standard InChI is InChI=1S/C36H42F2N6O6S/c37-36(38)14-18-44(19-15-36)32-31(49-22-21-48-25-26-4-2-1-3-5-26)9-8-29(39-32)34-41-40-33(50-34)28-7-6-27(42-51(46,47)23-20-45)24-30(28)43-16-12-35(10-11-35)13-17-43/h1-9,24,42,45H,10-23,25H2. The molecule has 15 heteroatoms. The molecule has 2 aromatic carbocycles. The Morgan fingerprint density at radius 3 is 2.31 bits per heavy atom. The van der Waals surface area contributed by atoms with Gasteiger partial charge in [-0.05, 0) is 67.0 Å². The molecule has 0 radical (unpaired) electrons. The first kappa shape index (κ1) is 35.1. The van der Waals surface area contributed by atoms with Gasteiger partial charge in [0.1, 0.15) is 12.3 Å². The van der Waals surface area contributed by atoms with Crippen molar-refractivity contribution in [2.45, 2.75) is 51.1 Å². The Kier molecular flexibility index (Phi) is 10.1. The van der Waals surface area contributed by atoms with Gasteiger partial charge in [0.25, 0.3) is 11.8 Å². The summed E-state index contributed by atoms with van der Waals surface area (Å²) in [6, 6.07) is 18.4. The van der Waals surface area contributed by atoms with E-state index in [9.17, 15) is 22.3 Å². The molecule has 0 unspecified atom stereocenters. The van der Waals surface area contributed by atoms with Gasteiger partial charge in [0, 0.05) is 39.0 Å². The fourth-order valence-electron chi connectivity index (χ4n) is 6.64. The normalized spacial score (nSPS) is 18.2. The SMILES string of the molecule is O=S(=O)(CCO)Nc1ccc(-c2nnc(-c3ccc(OCCOCc4ccccc4)c(N4CCC(F)(F)CC4)n3)o2)c(N2CCC3(CC2)CC3)c1. The lowest BCUT2D eigenvalue weighted by atomic mass is 9.93. The van der Waals surface area contributed by atoms with Crippen LogP contribution in [0.3, 0.4) is 0 Å². The summed E-state index contributed by atoms with van der Waals surface area (Å²) >= 11 is 0. The predicted molar refractivity (Wildman–Crippen MR) is 189 cm³/mol. The molecule has 3 aliphatic rings. The number of aliphatic hydroxyl groups is 1. The Bertz CT molecular complexity index is 1900. The van der Waals surface area contributed by atoms with Gasteiger partial charge in [-0.3, -0.25) is 4.72 Å². The van der Waals surface area contributed by atoms with Gasteiger partial charge >= 0.3 is 0 Å². The van der Waals surface area contributed by atoms with Crippen LogP contribution >= 0.6 is 0 Å². The second kappa shape index (κ2) is 14.7. The fourth-order valence-corrected chi connectivity index (χ4v) is 7.47. The van der Waals surface area contributed by atoms with Gasteiger partial charge in [0.15, 0.2) is 11.6 Å². The summed E-state index contributed by atoms with van der Waals surface area (Å²) in [5, 5.41) is 17.9. The van der Waals surface area contributed by atoms with Crippen LogP contribution in [0.4, 0.5) is 26.0 Å². The van der Waals surface area contributed by atoms with Gasteiger partial charge in [0.2, 0.25) is 15.9 Å². The van der Waals surface area contributed by atoms with Crippen molar-refractivity contribution < 1.29 is 36.2 Å². The smallest absolute Gasteiger partial charge is 0.266 e. The van der Waals surface area contributed by atoms with E-state index in [1.165, 1.54) is 12.8 Å². The maximum atomic E-state index is 14.1. The molecular weight excluding hydrogens is 682 g/mol. The van der Waals surface area contributed by atoms with Crippen LogP contribution in [0.15, 0.2) is 65.1 Å². The molecule has 0 bridgehead atoms. The number of piperidine rings is 2. The number of pyridine rings is 1. The maximum absolute atomic E-state index is 14.1. The minimum atomic E-state index is -3.74. The molecule has 3 fully saturated rings. The van der Waals surface area contributed by atoms with Crippen LogP contribution in [0.25, 0.3) is 23.0 Å². The summed E-state index contributed by atoms with van der Waals surface area (Å²) in [5.41, 5.74) is 3.59. The van der Waals surface area contributed by atoms with Gasteiger partial charge in [-0.1, -0.05) is 30.3 Å². The van der Waals surface area contributed by atoms with Gasteiger partial charge < -0.3 is 28.8 Å². The molecule has 4 aromatic rings. The Labute approximate surface area is 295 Å². The van der Waals surface area contributed by atoms with Crippen molar-refractivity contribution in [2.24, 2.45) is 5.41 Å². The zero-order valence-electron chi connectivity index (χ0n) is 28.3. The van der Waals surface area contributed by atoms with Crippen LogP contribution < -0.4 is 19.3 Å². The van der Waals surface area contributed by atoms with E-state index in [0.717, 1.165) is 37.2 Å². The lowest BCUT2D eigenvalue weighted by Crippen LogP contribution is -2.40. The number of hydrogen-bond acceptors (Lipinski definition) is 11. The van der Waals surface area contributed by atoms with E-state index in [0.29, 0.717) is 47.1 Å². The first-order valence-corrected chi connectivity index (χ1v) is 19.0. The molecule has 0 amide bonds. The number of aliphatic hydroxyl groups excluding tert-OH is 1. The number of aromatic nitrogens is 3. The van der Waals surface area contributed by atoms with E-state index in [4.69, 9.17) is 18.9 Å². The number of sulfonamides is 1. The van der Waals surface area contributed by atoms with Crippen molar-refractivity contribution in [2.75, 3.05) is 66.3 Å². The molecule has 2 saturated heterocycles. The molecular formula is C36H42F2N6O6S. The average Bonchev–Trinajstić information content (AvgIpc) is 3.68. The third-order valence-electron chi connectivity index (χ3n) is 9.86. The minimum absolute atomic E-state index is 0.105. The third kappa shape index (κ3) is 8.59. The molecule has 1 saturated carbocycles. The summed E-state index contributed by atoms with van der Waals surface area (Å²) in [6.45, 7) is 2.33. The van der Waals surface area contributed by atoms with E-state index in [-0.39, 0.29) is 44.3 Å². The highest BCUT2D eigenvalue weighted by molar-refractivity contribution is 7.92. The first-order valence-electron chi connectivity index (χ1n) is 17.3. The van der Waals surface area contributed by atoms with E-state index >= 15 is 0 Å². The molecule has 0 atom stereocenters. The number of hydrogen-bond donors (Lipinski definition) is 2. The van der Waals surface area contributed by atoms with Crippen LogP contribution in [-0.2, 0) is 21.4 Å². The van der Waals surface area contributed by atoms with Gasteiger partial charge in [-0.25, -0.2) is 22.2 Å². The number of halogens is 2. The quantitative estimate of drug-likeness (QED) is 0.154. The van der Waals surface area contributed by atoms with Crippen molar-refractivity contribution >= 4 is 27.2 Å². The molecule has 1 spiro atoms. The van der Waals surface area contributed by atoms with Gasteiger partial charge in [-0.2, -0.15) is 0 Å². The molecule has 2 N–H and O–H groups in total. The first-order chi connectivity index (χ1) is 24.6. The summed E-state index contributed by atoms with van der Waals surface area (Å²) in [6.07, 6.45) is 3.98. The van der Waals surface area contributed by atoms with Crippen LogP contribution in [0, 0.1) is 5.41 Å². The molecule has 1 aliphatic carbocycles. The highest BCUT2D eigenvalue weighted by Gasteiger charge is 2.44. The van der Waals surface area contributed by atoms with Gasteiger partial charge in [0.05, 0.1) is 42.5 Å². The number of anilines is 3. The topological polar surface area (TPSA) is 143 Å². The second-order valence-electron chi connectivity index (χ2n) is 13.5. The third-order valence-corrected chi connectivity index (χ3v) is 11.1. The Morgan fingerprint density at radius 2 is 1.59 bits per heavy atom. The zero-order chi connectivity index (χ0) is 35.5. The summed E-state index contributed by atoms with van der Waals surface area (Å²) in [5.74, 6) is -1.93. The molecule has 7 rings (SSSR count). The summed E-state index contributed by atoms with van der Waals surface area (Å²) in [4.78, 5) is 8.79. The highest BCUT2D eigenvalue weighted by atomic mass is 32.2. The number of nitrogens with zero attached hydrogens (tertiary/aromatic N) is 5. The van der Waals surface area contributed by atoms with Crippen molar-refractivity contribution in [1.82, 2.24) is 15.2 Å². The largest absolute Gasteiger partial charge is 0.487 e.